The molecule has 136 valence electrons. The van der Waals surface area contributed by atoms with Crippen LogP contribution in [0.5, 0.6) is 5.75 Å². The van der Waals surface area contributed by atoms with Gasteiger partial charge in [0.25, 0.3) is 10.1 Å². The molecule has 0 aliphatic heterocycles. The Morgan fingerprint density at radius 3 is 2.60 bits per heavy atom. The Balaban J connectivity index is 2.09. The van der Waals surface area contributed by atoms with Gasteiger partial charge in [-0.1, -0.05) is 18.2 Å². The number of benzene rings is 1. The molecule has 1 aromatic carbocycles. The molecule has 0 unspecified atom stereocenters. The van der Waals surface area contributed by atoms with Gasteiger partial charge in [-0.25, -0.2) is 9.78 Å². The summed E-state index contributed by atoms with van der Waals surface area (Å²) < 4.78 is 42.6. The zero-order valence-corrected chi connectivity index (χ0v) is 14.7. The molecule has 0 radical (unpaired) electrons. The number of aromatic nitrogens is 1. The number of para-hydroxylation sites is 1. The summed E-state index contributed by atoms with van der Waals surface area (Å²) >= 11 is 0. The number of nitrogens with zero attached hydrogens (tertiary/aromatic N) is 1. The first-order valence-corrected chi connectivity index (χ1v) is 9.38. The van der Waals surface area contributed by atoms with E-state index in [-0.39, 0.29) is 43.6 Å². The van der Waals surface area contributed by atoms with Gasteiger partial charge >= 0.3 is 5.97 Å². The quantitative estimate of drug-likeness (QED) is 0.488. The van der Waals surface area contributed by atoms with Crippen LogP contribution in [-0.4, -0.2) is 38.8 Å². The summed E-state index contributed by atoms with van der Waals surface area (Å²) in [6.45, 7) is 1.70. The number of oxazole rings is 1. The molecule has 0 aliphatic carbocycles. The normalized spacial score (nSPS) is 11.3. The molecule has 0 saturated carbocycles. The highest BCUT2D eigenvalue weighted by atomic mass is 32.2. The number of carbonyl (C=O) groups is 1. The van der Waals surface area contributed by atoms with Gasteiger partial charge in [-0.3, -0.25) is 4.18 Å². The number of hydrogen-bond donors (Lipinski definition) is 0. The number of ether oxygens (including phenoxy) is 2. The van der Waals surface area contributed by atoms with Crippen LogP contribution in [0.1, 0.15) is 29.1 Å². The second kappa shape index (κ2) is 8.63. The van der Waals surface area contributed by atoms with E-state index in [2.05, 4.69) is 9.17 Å². The first-order valence-electron chi connectivity index (χ1n) is 7.57. The van der Waals surface area contributed by atoms with Crippen LogP contribution in [0.15, 0.2) is 34.7 Å². The molecule has 0 fully saturated rings. The lowest BCUT2D eigenvalue weighted by Crippen LogP contribution is -2.10. The average Bonchev–Trinajstić information content (AvgIpc) is 2.96. The fraction of sp³-hybridized carbons (Fsp3) is 0.375. The summed E-state index contributed by atoms with van der Waals surface area (Å²) in [6.07, 6.45) is 1.03. The monoisotopic (exact) mass is 369 g/mol. The molecule has 1 aromatic heterocycles. The van der Waals surface area contributed by atoms with Crippen molar-refractivity contribution in [2.75, 3.05) is 19.5 Å². The van der Waals surface area contributed by atoms with Crippen LogP contribution >= 0.6 is 0 Å². The highest BCUT2D eigenvalue weighted by Gasteiger charge is 2.22. The smallest absolute Gasteiger partial charge is 0.376 e. The zero-order valence-electron chi connectivity index (χ0n) is 13.9. The van der Waals surface area contributed by atoms with E-state index in [0.29, 0.717) is 5.75 Å². The maximum absolute atomic E-state index is 12.0. The van der Waals surface area contributed by atoms with Gasteiger partial charge < -0.3 is 13.9 Å². The lowest BCUT2D eigenvalue weighted by Gasteiger charge is -2.02. The molecule has 9 heteroatoms. The minimum atomic E-state index is -3.58. The zero-order chi connectivity index (χ0) is 18.3. The van der Waals surface area contributed by atoms with Crippen molar-refractivity contribution in [3.05, 3.63) is 47.7 Å². The highest BCUT2D eigenvalue weighted by Crippen LogP contribution is 2.17. The topological polar surface area (TPSA) is 105 Å². The maximum atomic E-state index is 12.0. The molecular formula is C16H19NO7S. The fourth-order valence-corrected chi connectivity index (χ4v) is 2.33. The van der Waals surface area contributed by atoms with Gasteiger partial charge in [-0.05, 0) is 19.1 Å². The Labute approximate surface area is 145 Å². The third kappa shape index (κ3) is 6.20. The van der Waals surface area contributed by atoms with Crippen LogP contribution in [0.4, 0.5) is 0 Å². The molecule has 0 spiro atoms. The largest absolute Gasteiger partial charge is 0.484 e. The van der Waals surface area contributed by atoms with Crippen molar-refractivity contribution in [3.8, 4) is 5.75 Å². The minimum Gasteiger partial charge on any atom is -0.484 e. The van der Waals surface area contributed by atoms with Crippen molar-refractivity contribution in [3.63, 3.8) is 0 Å². The van der Waals surface area contributed by atoms with Gasteiger partial charge in [-0.15, -0.1) is 0 Å². The second-order valence-corrected chi connectivity index (χ2v) is 6.63. The average molecular weight is 369 g/mol. The Morgan fingerprint density at radius 1 is 1.24 bits per heavy atom. The van der Waals surface area contributed by atoms with E-state index >= 15 is 0 Å². The van der Waals surface area contributed by atoms with E-state index < -0.39 is 16.1 Å². The van der Waals surface area contributed by atoms with E-state index in [1.807, 2.05) is 18.2 Å². The van der Waals surface area contributed by atoms with Crippen molar-refractivity contribution in [1.29, 1.82) is 0 Å². The van der Waals surface area contributed by atoms with E-state index in [4.69, 9.17) is 13.9 Å². The van der Waals surface area contributed by atoms with Gasteiger partial charge in [-0.2, -0.15) is 8.42 Å². The van der Waals surface area contributed by atoms with E-state index in [1.165, 1.54) is 0 Å². The summed E-state index contributed by atoms with van der Waals surface area (Å²) in [6, 6.07) is 9.05. The summed E-state index contributed by atoms with van der Waals surface area (Å²) in [5.74, 6) is 0.0579. The van der Waals surface area contributed by atoms with Crippen LogP contribution in [0.3, 0.4) is 0 Å². The molecule has 0 saturated heterocycles. The molecule has 8 nitrogen and oxygen atoms in total. The Kier molecular flexibility index (Phi) is 6.54. The summed E-state index contributed by atoms with van der Waals surface area (Å²) in [7, 11) is -3.58. The maximum Gasteiger partial charge on any atom is 0.376 e. The van der Waals surface area contributed by atoms with Crippen molar-refractivity contribution >= 4 is 16.1 Å². The number of esters is 1. The predicted molar refractivity (Wildman–Crippen MR) is 87.7 cm³/mol. The Hall–Kier alpha value is -2.39. The minimum absolute atomic E-state index is 0.0172. The molecule has 0 amide bonds. The molecule has 0 atom stereocenters. The van der Waals surface area contributed by atoms with Crippen LogP contribution in [0.2, 0.25) is 0 Å². The summed E-state index contributed by atoms with van der Waals surface area (Å²) in [5.41, 5.74) is 0.258. The van der Waals surface area contributed by atoms with E-state index in [0.717, 1.165) is 6.26 Å². The van der Waals surface area contributed by atoms with Gasteiger partial charge in [0, 0.05) is 6.42 Å². The second-order valence-electron chi connectivity index (χ2n) is 4.98. The molecule has 0 N–H and O–H groups in total. The first kappa shape index (κ1) is 18.9. The third-order valence-corrected chi connectivity index (χ3v) is 3.54. The third-order valence-electron chi connectivity index (χ3n) is 2.94. The van der Waals surface area contributed by atoms with Crippen LogP contribution in [-0.2, 0) is 32.1 Å². The molecule has 2 aromatic rings. The molecular weight excluding hydrogens is 350 g/mol. The van der Waals surface area contributed by atoms with E-state index in [1.54, 1.807) is 19.1 Å². The molecule has 0 bridgehead atoms. The van der Waals surface area contributed by atoms with Gasteiger partial charge in [0.05, 0.1) is 25.2 Å². The fourth-order valence-electron chi connectivity index (χ4n) is 1.94. The first-order chi connectivity index (χ1) is 11.9. The van der Waals surface area contributed by atoms with Gasteiger partial charge in [0.15, 0.2) is 6.61 Å². The molecule has 2 rings (SSSR count). The number of carbonyl (C=O) groups excluding carboxylic acids is 1. The summed E-state index contributed by atoms with van der Waals surface area (Å²) in [5, 5.41) is 0. The number of hydrogen-bond acceptors (Lipinski definition) is 8. The standard InChI is InChI=1S/C16H19NO7S/c1-3-21-16(18)15-13(9-10-23-25(2,19)20)17-14(24-15)11-22-12-7-5-4-6-8-12/h4-8H,3,9-11H2,1-2H3. The highest BCUT2D eigenvalue weighted by molar-refractivity contribution is 7.85. The summed E-state index contributed by atoms with van der Waals surface area (Å²) in [4.78, 5) is 16.1. The molecule has 25 heavy (non-hydrogen) atoms. The van der Waals surface area contributed by atoms with Crippen molar-refractivity contribution in [2.24, 2.45) is 0 Å². The SMILES string of the molecule is CCOC(=O)c1oc(COc2ccccc2)nc1CCOS(C)(=O)=O. The van der Waals surface area contributed by atoms with Gasteiger partial charge in [0.1, 0.15) is 5.75 Å². The van der Waals surface area contributed by atoms with Crippen LogP contribution in [0, 0.1) is 0 Å². The van der Waals surface area contributed by atoms with E-state index in [9.17, 15) is 13.2 Å². The number of rotatable bonds is 9. The van der Waals surface area contributed by atoms with Crippen LogP contribution < -0.4 is 4.74 Å². The lowest BCUT2D eigenvalue weighted by molar-refractivity contribution is 0.0484. The lowest BCUT2D eigenvalue weighted by atomic mass is 10.3. The van der Waals surface area contributed by atoms with Crippen molar-refractivity contribution in [2.45, 2.75) is 20.0 Å². The van der Waals surface area contributed by atoms with Crippen molar-refractivity contribution < 1.29 is 31.3 Å². The Bertz CT molecular complexity index is 799. The predicted octanol–water partition coefficient (Wildman–Crippen LogP) is 1.95. The molecule has 0 aliphatic rings. The Morgan fingerprint density at radius 2 is 1.96 bits per heavy atom. The van der Waals surface area contributed by atoms with Crippen LogP contribution in [0.25, 0.3) is 0 Å². The van der Waals surface area contributed by atoms with Crippen molar-refractivity contribution in [1.82, 2.24) is 4.98 Å². The van der Waals surface area contributed by atoms with Gasteiger partial charge in [0.2, 0.25) is 11.7 Å². The molecule has 1 heterocycles.